The van der Waals surface area contributed by atoms with Crippen molar-refractivity contribution in [1.29, 1.82) is 0 Å². The maximum atomic E-state index is 12.4. The van der Waals surface area contributed by atoms with Gasteiger partial charge in [0.2, 0.25) is 5.91 Å². The van der Waals surface area contributed by atoms with Crippen LogP contribution in [0.15, 0.2) is 24.3 Å². The van der Waals surface area contributed by atoms with Crippen LogP contribution in [-0.4, -0.2) is 29.6 Å². The van der Waals surface area contributed by atoms with E-state index in [4.69, 9.17) is 5.11 Å². The molecule has 2 saturated carbocycles. The van der Waals surface area contributed by atoms with Crippen LogP contribution in [0.5, 0.6) is 0 Å². The average Bonchev–Trinajstić information content (AvgIpc) is 3.23. The molecule has 4 atom stereocenters. The number of aliphatic hydroxyl groups is 1. The van der Waals surface area contributed by atoms with Crippen LogP contribution in [0.25, 0.3) is 0 Å². The number of carbonyl (C=O) groups excluding carboxylic acids is 2. The number of aliphatic hydroxyl groups excluding tert-OH is 1. The summed E-state index contributed by atoms with van der Waals surface area (Å²) >= 11 is 0. The summed E-state index contributed by atoms with van der Waals surface area (Å²) in [4.78, 5) is 24.5. The molecule has 5 nitrogen and oxygen atoms in total. The zero-order valence-electron chi connectivity index (χ0n) is 14.1. The number of nitrogens with one attached hydrogen (secondary N) is 2. The second-order valence-electron chi connectivity index (χ2n) is 7.11. The fraction of sp³-hybridized carbons (Fsp3) is 0.579. The third-order valence-electron chi connectivity index (χ3n) is 5.54. The first kappa shape index (κ1) is 17.0. The van der Waals surface area contributed by atoms with Gasteiger partial charge in [0.25, 0.3) is 5.91 Å². The zero-order chi connectivity index (χ0) is 17.1. The van der Waals surface area contributed by atoms with Crippen LogP contribution in [0.3, 0.4) is 0 Å². The lowest BCUT2D eigenvalue weighted by atomic mass is 9.88. The van der Waals surface area contributed by atoms with Crippen molar-refractivity contribution in [2.24, 2.45) is 17.8 Å². The molecule has 2 amide bonds. The second kappa shape index (κ2) is 7.34. The van der Waals surface area contributed by atoms with Crippen molar-refractivity contribution < 1.29 is 14.7 Å². The molecule has 0 aromatic heterocycles. The summed E-state index contributed by atoms with van der Waals surface area (Å²) in [5.74, 6) is 1.37. The lowest BCUT2D eigenvalue weighted by Crippen LogP contribution is -2.36. The molecule has 2 aliphatic rings. The van der Waals surface area contributed by atoms with Gasteiger partial charge in [-0.15, -0.1) is 0 Å². The van der Waals surface area contributed by atoms with E-state index in [0.717, 1.165) is 18.0 Å². The molecule has 2 bridgehead atoms. The molecule has 0 aliphatic heterocycles. The smallest absolute Gasteiger partial charge is 0.251 e. The molecule has 3 N–H and O–H groups in total. The molecule has 0 spiro atoms. The third-order valence-corrected chi connectivity index (χ3v) is 5.54. The second-order valence-corrected chi connectivity index (χ2v) is 7.11. The SMILES string of the molecule is CCC(CO)NC(=O)c1ccc(NC(=O)C2CC3CCC2C3)cc1. The van der Waals surface area contributed by atoms with Crippen molar-refractivity contribution in [3.63, 3.8) is 0 Å². The molecule has 5 heteroatoms. The molecule has 24 heavy (non-hydrogen) atoms. The highest BCUT2D eigenvalue weighted by Gasteiger charge is 2.42. The summed E-state index contributed by atoms with van der Waals surface area (Å²) in [5.41, 5.74) is 1.26. The summed E-state index contributed by atoms with van der Waals surface area (Å²) in [6, 6.07) is 6.71. The van der Waals surface area contributed by atoms with E-state index in [1.807, 2.05) is 6.92 Å². The topological polar surface area (TPSA) is 78.4 Å². The Labute approximate surface area is 142 Å². The molecule has 2 fully saturated rings. The highest BCUT2D eigenvalue weighted by Crippen LogP contribution is 2.48. The highest BCUT2D eigenvalue weighted by atomic mass is 16.3. The van der Waals surface area contributed by atoms with Crippen LogP contribution in [0.1, 0.15) is 49.4 Å². The molecule has 3 rings (SSSR count). The Morgan fingerprint density at radius 1 is 1.21 bits per heavy atom. The number of hydrogen-bond acceptors (Lipinski definition) is 3. The first-order valence-corrected chi connectivity index (χ1v) is 8.93. The maximum absolute atomic E-state index is 12.4. The van der Waals surface area contributed by atoms with E-state index >= 15 is 0 Å². The minimum atomic E-state index is -0.227. The Bertz CT molecular complexity index is 595. The van der Waals surface area contributed by atoms with Crippen molar-refractivity contribution in [1.82, 2.24) is 5.32 Å². The van der Waals surface area contributed by atoms with Gasteiger partial charge in [-0.1, -0.05) is 13.3 Å². The number of carbonyl (C=O) groups is 2. The van der Waals surface area contributed by atoms with Crippen LogP contribution in [0.2, 0.25) is 0 Å². The van der Waals surface area contributed by atoms with Crippen molar-refractivity contribution >= 4 is 17.5 Å². The Morgan fingerprint density at radius 2 is 1.96 bits per heavy atom. The van der Waals surface area contributed by atoms with E-state index in [1.165, 1.54) is 19.3 Å². The number of hydrogen-bond donors (Lipinski definition) is 3. The molecule has 2 aliphatic carbocycles. The van der Waals surface area contributed by atoms with Crippen molar-refractivity contribution in [3.05, 3.63) is 29.8 Å². The maximum Gasteiger partial charge on any atom is 0.251 e. The van der Waals surface area contributed by atoms with Gasteiger partial charge in [0.1, 0.15) is 0 Å². The molecule has 0 saturated heterocycles. The lowest BCUT2D eigenvalue weighted by Gasteiger charge is -2.20. The van der Waals surface area contributed by atoms with Crippen LogP contribution in [0.4, 0.5) is 5.69 Å². The molecule has 130 valence electrons. The Morgan fingerprint density at radius 3 is 2.50 bits per heavy atom. The predicted molar refractivity (Wildman–Crippen MR) is 92.6 cm³/mol. The minimum Gasteiger partial charge on any atom is -0.394 e. The molecule has 0 radical (unpaired) electrons. The monoisotopic (exact) mass is 330 g/mol. The van der Waals surface area contributed by atoms with Crippen LogP contribution in [0, 0.1) is 17.8 Å². The predicted octanol–water partition coefficient (Wildman–Crippen LogP) is 2.56. The minimum absolute atomic E-state index is 0.0695. The number of anilines is 1. The van der Waals surface area contributed by atoms with Crippen LogP contribution >= 0.6 is 0 Å². The molecule has 1 aromatic rings. The van der Waals surface area contributed by atoms with Gasteiger partial charge < -0.3 is 15.7 Å². The van der Waals surface area contributed by atoms with Crippen molar-refractivity contribution in [2.45, 2.75) is 45.1 Å². The van der Waals surface area contributed by atoms with E-state index in [1.54, 1.807) is 24.3 Å². The Kier molecular flexibility index (Phi) is 5.19. The highest BCUT2D eigenvalue weighted by molar-refractivity contribution is 5.96. The number of rotatable bonds is 6. The molecule has 4 unspecified atom stereocenters. The third kappa shape index (κ3) is 3.61. The standard InChI is InChI=1S/C19H26N2O3/c1-2-15(11-22)20-18(23)13-5-7-16(8-6-13)21-19(24)17-10-12-3-4-14(17)9-12/h5-8,12,14-15,17,22H,2-4,9-11H2,1H3,(H,20,23)(H,21,24). The number of amides is 2. The van der Waals surface area contributed by atoms with Gasteiger partial charge in [-0.25, -0.2) is 0 Å². The van der Waals surface area contributed by atoms with E-state index < -0.39 is 0 Å². The van der Waals surface area contributed by atoms with Crippen LogP contribution < -0.4 is 10.6 Å². The average molecular weight is 330 g/mol. The van der Waals surface area contributed by atoms with Gasteiger partial charge in [0.05, 0.1) is 12.6 Å². The molecule has 1 aromatic carbocycles. The summed E-state index contributed by atoms with van der Waals surface area (Å²) in [5, 5.41) is 14.9. The Hall–Kier alpha value is -1.88. The molecule has 0 heterocycles. The van der Waals surface area contributed by atoms with Gasteiger partial charge in [-0.3, -0.25) is 9.59 Å². The molecular formula is C19H26N2O3. The van der Waals surface area contributed by atoms with Gasteiger partial charge in [0.15, 0.2) is 0 Å². The Balaban J connectivity index is 1.56. The fourth-order valence-electron chi connectivity index (χ4n) is 4.05. The number of benzene rings is 1. The van der Waals surface area contributed by atoms with Gasteiger partial charge in [0, 0.05) is 17.2 Å². The van der Waals surface area contributed by atoms with E-state index in [0.29, 0.717) is 17.9 Å². The summed E-state index contributed by atoms with van der Waals surface area (Å²) in [7, 11) is 0. The first-order valence-electron chi connectivity index (χ1n) is 8.93. The van der Waals surface area contributed by atoms with Gasteiger partial charge in [-0.05, 0) is 61.8 Å². The van der Waals surface area contributed by atoms with Crippen LogP contribution in [-0.2, 0) is 4.79 Å². The van der Waals surface area contributed by atoms with Gasteiger partial charge >= 0.3 is 0 Å². The summed E-state index contributed by atoms with van der Waals surface area (Å²) in [6.45, 7) is 1.84. The van der Waals surface area contributed by atoms with E-state index in [9.17, 15) is 9.59 Å². The van der Waals surface area contributed by atoms with Gasteiger partial charge in [-0.2, -0.15) is 0 Å². The summed E-state index contributed by atoms with van der Waals surface area (Å²) in [6.07, 6.45) is 5.38. The largest absolute Gasteiger partial charge is 0.394 e. The van der Waals surface area contributed by atoms with Crippen molar-refractivity contribution in [3.8, 4) is 0 Å². The lowest BCUT2D eigenvalue weighted by molar-refractivity contribution is -0.121. The first-order chi connectivity index (χ1) is 11.6. The quantitative estimate of drug-likeness (QED) is 0.750. The van der Waals surface area contributed by atoms with E-state index in [2.05, 4.69) is 10.6 Å². The summed E-state index contributed by atoms with van der Waals surface area (Å²) < 4.78 is 0. The zero-order valence-corrected chi connectivity index (χ0v) is 14.1. The fourth-order valence-corrected chi connectivity index (χ4v) is 4.05. The van der Waals surface area contributed by atoms with E-state index in [-0.39, 0.29) is 30.4 Å². The molecular weight excluding hydrogens is 304 g/mol. The van der Waals surface area contributed by atoms with Crippen molar-refractivity contribution in [2.75, 3.05) is 11.9 Å². The normalized spacial score (nSPS) is 26.2. The number of fused-ring (bicyclic) bond motifs is 2.